The number of aliphatic hydroxyl groups excluding tert-OH is 1. The second kappa shape index (κ2) is 4.99. The Kier molecular flexibility index (Phi) is 3.31. The van der Waals surface area contributed by atoms with Gasteiger partial charge in [-0.05, 0) is 12.3 Å². The maximum Gasteiger partial charge on any atom is 0.266 e. The first-order valence-electron chi connectivity index (χ1n) is 6.54. The number of aliphatic hydroxyl groups is 1. The lowest BCUT2D eigenvalue weighted by molar-refractivity contribution is 0.0252. The third-order valence-electron chi connectivity index (χ3n) is 3.76. The Bertz CT molecular complexity index is 657. The first-order valence-corrected chi connectivity index (χ1v) is 7.36. The van der Waals surface area contributed by atoms with Crippen LogP contribution in [0.2, 0.25) is 0 Å². The number of carbonyl (C=O) groups excluding carboxylic acids is 1. The lowest BCUT2D eigenvalue weighted by atomic mass is 9.96. The number of anilines is 1. The van der Waals surface area contributed by atoms with Crippen molar-refractivity contribution in [2.45, 2.75) is 19.4 Å². The van der Waals surface area contributed by atoms with E-state index in [1.807, 2.05) is 6.92 Å². The van der Waals surface area contributed by atoms with Crippen LogP contribution in [-0.4, -0.2) is 45.1 Å². The maximum atomic E-state index is 12.5. The number of nitrogens with zero attached hydrogens (tertiary/aromatic N) is 3. The monoisotopic (exact) mass is 292 g/mol. The van der Waals surface area contributed by atoms with Gasteiger partial charge in [0.05, 0.1) is 11.8 Å². The fourth-order valence-electron chi connectivity index (χ4n) is 2.38. The minimum atomic E-state index is -0.473. The van der Waals surface area contributed by atoms with Crippen molar-refractivity contribution in [2.24, 2.45) is 5.92 Å². The molecule has 3 N–H and O–H groups in total. The van der Waals surface area contributed by atoms with Crippen LogP contribution in [-0.2, 0) is 0 Å². The van der Waals surface area contributed by atoms with Crippen molar-refractivity contribution in [1.29, 1.82) is 0 Å². The Morgan fingerprint density at radius 3 is 2.95 bits per heavy atom. The van der Waals surface area contributed by atoms with Gasteiger partial charge in [-0.25, -0.2) is 9.97 Å². The lowest BCUT2D eigenvalue weighted by Crippen LogP contribution is -2.45. The van der Waals surface area contributed by atoms with Gasteiger partial charge >= 0.3 is 0 Å². The topological polar surface area (TPSA) is 92.3 Å². The molecule has 0 saturated carbocycles. The summed E-state index contributed by atoms with van der Waals surface area (Å²) in [6.45, 7) is 2.99. The van der Waals surface area contributed by atoms with Crippen molar-refractivity contribution >= 4 is 33.3 Å². The molecule has 1 fully saturated rings. The van der Waals surface area contributed by atoms with E-state index in [2.05, 4.69) is 9.97 Å². The quantitative estimate of drug-likeness (QED) is 0.821. The van der Waals surface area contributed by atoms with E-state index in [4.69, 9.17) is 5.73 Å². The van der Waals surface area contributed by atoms with Crippen molar-refractivity contribution in [3.8, 4) is 0 Å². The van der Waals surface area contributed by atoms with Gasteiger partial charge in [0.2, 0.25) is 0 Å². The van der Waals surface area contributed by atoms with Crippen molar-refractivity contribution in [1.82, 2.24) is 14.9 Å². The molecule has 1 aliphatic heterocycles. The van der Waals surface area contributed by atoms with Crippen LogP contribution in [0.25, 0.3) is 10.3 Å². The smallest absolute Gasteiger partial charge is 0.266 e. The largest absolute Gasteiger partial charge is 0.396 e. The van der Waals surface area contributed by atoms with Gasteiger partial charge in [-0.2, -0.15) is 0 Å². The van der Waals surface area contributed by atoms with E-state index in [0.29, 0.717) is 34.0 Å². The molecule has 20 heavy (non-hydrogen) atoms. The zero-order valence-corrected chi connectivity index (χ0v) is 11.9. The molecule has 106 valence electrons. The zero-order chi connectivity index (χ0) is 14.3. The summed E-state index contributed by atoms with van der Waals surface area (Å²) >= 11 is 1.26. The first-order chi connectivity index (χ1) is 9.58. The fraction of sp³-hybridized carbons (Fsp3) is 0.462. The Balaban J connectivity index is 1.91. The Morgan fingerprint density at radius 2 is 2.25 bits per heavy atom. The van der Waals surface area contributed by atoms with Crippen LogP contribution in [0, 0.1) is 5.92 Å². The molecule has 2 atom stereocenters. The van der Waals surface area contributed by atoms with E-state index in [0.717, 1.165) is 6.42 Å². The summed E-state index contributed by atoms with van der Waals surface area (Å²) in [6, 6.07) is 0. The zero-order valence-electron chi connectivity index (χ0n) is 11.1. The number of nitrogens with two attached hydrogens (primary N) is 1. The van der Waals surface area contributed by atoms with Crippen molar-refractivity contribution in [3.05, 3.63) is 17.3 Å². The normalized spacial score (nSPS) is 23.2. The Labute approximate surface area is 120 Å². The molecule has 0 aliphatic carbocycles. The number of piperidine rings is 1. The number of aromatic nitrogens is 2. The molecule has 2 unspecified atom stereocenters. The second-order valence-corrected chi connectivity index (χ2v) is 6.14. The van der Waals surface area contributed by atoms with Crippen LogP contribution < -0.4 is 5.73 Å². The number of hydrogen-bond acceptors (Lipinski definition) is 6. The number of amides is 1. The average molecular weight is 292 g/mol. The van der Waals surface area contributed by atoms with E-state index in [1.165, 1.54) is 11.3 Å². The number of carbonyl (C=O) groups is 1. The SMILES string of the molecule is CC1CCN(C(=O)c2sc3nccnc3c2N)CC1O. The average Bonchev–Trinajstić information content (AvgIpc) is 2.79. The Hall–Kier alpha value is -1.73. The van der Waals surface area contributed by atoms with E-state index in [-0.39, 0.29) is 11.8 Å². The highest BCUT2D eigenvalue weighted by molar-refractivity contribution is 7.21. The molecule has 0 spiro atoms. The van der Waals surface area contributed by atoms with Gasteiger partial charge in [-0.3, -0.25) is 4.79 Å². The summed E-state index contributed by atoms with van der Waals surface area (Å²) in [6.07, 6.45) is 3.47. The Morgan fingerprint density at radius 1 is 1.50 bits per heavy atom. The van der Waals surface area contributed by atoms with E-state index >= 15 is 0 Å². The molecule has 0 bridgehead atoms. The summed E-state index contributed by atoms with van der Waals surface area (Å²) in [5.41, 5.74) is 6.97. The number of likely N-dealkylation sites (tertiary alicyclic amines) is 1. The van der Waals surface area contributed by atoms with Crippen LogP contribution in [0.4, 0.5) is 5.69 Å². The number of hydrogen-bond donors (Lipinski definition) is 2. The highest BCUT2D eigenvalue weighted by Crippen LogP contribution is 2.32. The van der Waals surface area contributed by atoms with Crippen molar-refractivity contribution in [3.63, 3.8) is 0 Å². The van der Waals surface area contributed by atoms with Gasteiger partial charge < -0.3 is 15.7 Å². The van der Waals surface area contributed by atoms with E-state index in [9.17, 15) is 9.90 Å². The molecule has 2 aromatic rings. The van der Waals surface area contributed by atoms with Crippen LogP contribution >= 0.6 is 11.3 Å². The number of fused-ring (bicyclic) bond motifs is 1. The van der Waals surface area contributed by atoms with Crippen LogP contribution in [0.5, 0.6) is 0 Å². The van der Waals surface area contributed by atoms with Gasteiger partial charge in [-0.1, -0.05) is 6.92 Å². The van der Waals surface area contributed by atoms with Crippen LogP contribution in [0.3, 0.4) is 0 Å². The molecule has 6 nitrogen and oxygen atoms in total. The molecule has 1 saturated heterocycles. The summed E-state index contributed by atoms with van der Waals surface area (Å²) in [4.78, 5) is 23.7. The molecule has 3 rings (SSSR count). The summed E-state index contributed by atoms with van der Waals surface area (Å²) in [7, 11) is 0. The molecule has 7 heteroatoms. The minimum absolute atomic E-state index is 0.141. The molecule has 1 amide bonds. The highest BCUT2D eigenvalue weighted by atomic mass is 32.1. The molecule has 3 heterocycles. The minimum Gasteiger partial charge on any atom is -0.396 e. The first kappa shape index (κ1) is 13.3. The molecule has 2 aromatic heterocycles. The number of thiophene rings is 1. The molecule has 0 radical (unpaired) electrons. The standard InChI is InChI=1S/C13H16N4O2S/c1-7-2-5-17(6-8(7)18)13(19)11-9(14)10-12(20-11)16-4-3-15-10/h3-4,7-8,18H,2,5-6,14H2,1H3. The third kappa shape index (κ3) is 2.12. The summed E-state index contributed by atoms with van der Waals surface area (Å²) in [5, 5.41) is 9.91. The van der Waals surface area contributed by atoms with Gasteiger partial charge in [0.15, 0.2) is 0 Å². The van der Waals surface area contributed by atoms with Gasteiger partial charge in [0.25, 0.3) is 5.91 Å². The van der Waals surface area contributed by atoms with E-state index < -0.39 is 6.10 Å². The van der Waals surface area contributed by atoms with Gasteiger partial charge in [0.1, 0.15) is 15.2 Å². The molecule has 0 aromatic carbocycles. The van der Waals surface area contributed by atoms with Crippen molar-refractivity contribution < 1.29 is 9.90 Å². The predicted octanol–water partition coefficient (Wildman–Crippen LogP) is 1.12. The molecular formula is C13H16N4O2S. The number of β-amino-alcohol motifs (C(OH)–C–C–N with tert-alkyl or cyclic N) is 1. The van der Waals surface area contributed by atoms with E-state index in [1.54, 1.807) is 17.3 Å². The lowest BCUT2D eigenvalue weighted by Gasteiger charge is -2.34. The van der Waals surface area contributed by atoms with Gasteiger partial charge in [-0.15, -0.1) is 11.3 Å². The second-order valence-electron chi connectivity index (χ2n) is 5.14. The molecular weight excluding hydrogens is 276 g/mol. The highest BCUT2D eigenvalue weighted by Gasteiger charge is 2.30. The van der Waals surface area contributed by atoms with Crippen LogP contribution in [0.1, 0.15) is 23.0 Å². The van der Waals surface area contributed by atoms with Gasteiger partial charge in [0, 0.05) is 25.5 Å². The third-order valence-corrected chi connectivity index (χ3v) is 4.85. The van der Waals surface area contributed by atoms with Crippen LogP contribution in [0.15, 0.2) is 12.4 Å². The summed E-state index contributed by atoms with van der Waals surface area (Å²) in [5.74, 6) is 0.0837. The maximum absolute atomic E-state index is 12.5. The van der Waals surface area contributed by atoms with Crippen molar-refractivity contribution in [2.75, 3.05) is 18.8 Å². The molecule has 1 aliphatic rings. The predicted molar refractivity (Wildman–Crippen MR) is 77.5 cm³/mol. The number of nitrogen functional groups attached to an aromatic ring is 1. The fourth-order valence-corrected chi connectivity index (χ4v) is 3.37. The number of rotatable bonds is 1. The summed E-state index contributed by atoms with van der Waals surface area (Å²) < 4.78 is 0.